The van der Waals surface area contributed by atoms with Crippen LogP contribution in [0.15, 0.2) is 54.6 Å². The maximum Gasteiger partial charge on any atom is 0.253 e. The summed E-state index contributed by atoms with van der Waals surface area (Å²) in [5.74, 6) is 0.672. The third kappa shape index (κ3) is 3.47. The number of methoxy groups -OCH3 is 1. The zero-order valence-electron chi connectivity index (χ0n) is 15.2. The van der Waals surface area contributed by atoms with Gasteiger partial charge >= 0.3 is 0 Å². The number of para-hydroxylation sites is 1. The van der Waals surface area contributed by atoms with Crippen LogP contribution in [0.5, 0.6) is 0 Å². The third-order valence-corrected chi connectivity index (χ3v) is 5.71. The average molecular weight is 383 g/mol. The number of anilines is 1. The molecule has 0 bridgehead atoms. The number of allylic oxidation sites excluding steroid dienone is 2. The second-order valence-electron chi connectivity index (χ2n) is 7.05. The number of nitrogens with one attached hydrogen (secondary N) is 2. The minimum Gasteiger partial charge on any atom is -0.383 e. The van der Waals surface area contributed by atoms with Gasteiger partial charge in [-0.05, 0) is 41.7 Å². The molecule has 1 aliphatic carbocycles. The molecule has 2 aromatic carbocycles. The Hall–Kier alpha value is -2.30. The lowest BCUT2D eigenvalue weighted by atomic mass is 9.76. The summed E-state index contributed by atoms with van der Waals surface area (Å²) in [6.07, 6.45) is 5.55. The van der Waals surface area contributed by atoms with Gasteiger partial charge in [0.15, 0.2) is 0 Å². The van der Waals surface area contributed by atoms with Gasteiger partial charge in [0.1, 0.15) is 0 Å². The van der Waals surface area contributed by atoms with Crippen LogP contribution in [-0.2, 0) is 4.74 Å². The summed E-state index contributed by atoms with van der Waals surface area (Å²) in [5, 5.41) is 7.33. The van der Waals surface area contributed by atoms with Crippen molar-refractivity contribution in [3.05, 3.63) is 76.3 Å². The van der Waals surface area contributed by atoms with Gasteiger partial charge in [0, 0.05) is 24.6 Å². The van der Waals surface area contributed by atoms with Crippen molar-refractivity contribution in [2.45, 2.75) is 18.4 Å². The fourth-order valence-electron chi connectivity index (χ4n) is 4.17. The smallest absolute Gasteiger partial charge is 0.253 e. The number of halogens is 1. The van der Waals surface area contributed by atoms with Crippen LogP contribution in [0.4, 0.5) is 5.69 Å². The first-order valence-electron chi connectivity index (χ1n) is 9.27. The number of amides is 1. The highest BCUT2D eigenvalue weighted by Crippen LogP contribution is 2.50. The molecule has 4 rings (SSSR count). The van der Waals surface area contributed by atoms with Crippen LogP contribution >= 0.6 is 11.6 Å². The monoisotopic (exact) mass is 382 g/mol. The van der Waals surface area contributed by atoms with Crippen molar-refractivity contribution in [1.82, 2.24) is 5.32 Å². The molecule has 1 aliphatic heterocycles. The number of carbonyl (C=O) groups excluding carboxylic acids is 1. The molecular formula is C22H23ClN2O2. The van der Waals surface area contributed by atoms with E-state index in [9.17, 15) is 4.79 Å². The number of carbonyl (C=O) groups is 1. The quantitative estimate of drug-likeness (QED) is 0.589. The van der Waals surface area contributed by atoms with Crippen molar-refractivity contribution < 1.29 is 9.53 Å². The second-order valence-corrected chi connectivity index (χ2v) is 7.48. The summed E-state index contributed by atoms with van der Waals surface area (Å²) in [6.45, 7) is 0.987. The van der Waals surface area contributed by atoms with E-state index in [-0.39, 0.29) is 11.9 Å². The Bertz CT molecular complexity index is 863. The molecule has 0 saturated heterocycles. The van der Waals surface area contributed by atoms with Crippen molar-refractivity contribution in [2.75, 3.05) is 25.6 Å². The second kappa shape index (κ2) is 7.75. The number of rotatable bonds is 5. The van der Waals surface area contributed by atoms with Crippen LogP contribution in [0.3, 0.4) is 0 Å². The van der Waals surface area contributed by atoms with E-state index >= 15 is 0 Å². The number of hydrogen-bond acceptors (Lipinski definition) is 3. The summed E-state index contributed by atoms with van der Waals surface area (Å²) in [6, 6.07) is 14.1. The van der Waals surface area contributed by atoms with E-state index < -0.39 is 0 Å². The van der Waals surface area contributed by atoms with Gasteiger partial charge < -0.3 is 15.4 Å². The number of fused-ring (bicyclic) bond motifs is 3. The van der Waals surface area contributed by atoms with Gasteiger partial charge in [0.2, 0.25) is 0 Å². The zero-order chi connectivity index (χ0) is 18.8. The van der Waals surface area contributed by atoms with Crippen LogP contribution in [-0.4, -0.2) is 26.2 Å². The number of benzene rings is 2. The summed E-state index contributed by atoms with van der Waals surface area (Å²) in [4.78, 5) is 12.7. The Morgan fingerprint density at radius 3 is 2.85 bits per heavy atom. The lowest BCUT2D eigenvalue weighted by Crippen LogP contribution is -2.33. The molecule has 5 heteroatoms. The molecule has 0 spiro atoms. The summed E-state index contributed by atoms with van der Waals surface area (Å²) < 4.78 is 5.03. The Morgan fingerprint density at radius 1 is 1.26 bits per heavy atom. The van der Waals surface area contributed by atoms with E-state index in [0.717, 1.165) is 17.1 Å². The van der Waals surface area contributed by atoms with E-state index in [1.54, 1.807) is 7.11 Å². The fourth-order valence-corrected chi connectivity index (χ4v) is 4.30. The largest absolute Gasteiger partial charge is 0.383 e. The molecule has 2 aliphatic rings. The molecule has 1 heterocycles. The van der Waals surface area contributed by atoms with Crippen molar-refractivity contribution in [3.8, 4) is 0 Å². The van der Waals surface area contributed by atoms with Gasteiger partial charge in [-0.2, -0.15) is 0 Å². The van der Waals surface area contributed by atoms with E-state index in [1.807, 2.05) is 24.3 Å². The number of hydrogen-bond donors (Lipinski definition) is 2. The summed E-state index contributed by atoms with van der Waals surface area (Å²) in [7, 11) is 1.63. The molecule has 1 amide bonds. The maximum atomic E-state index is 12.7. The van der Waals surface area contributed by atoms with E-state index in [1.165, 1.54) is 11.1 Å². The number of ether oxygens (including phenoxy) is 1. The van der Waals surface area contributed by atoms with Crippen molar-refractivity contribution in [1.29, 1.82) is 0 Å². The lowest BCUT2D eigenvalue weighted by molar-refractivity contribution is 0.0937. The molecule has 140 valence electrons. The molecule has 0 radical (unpaired) electrons. The minimum atomic E-state index is -0.0771. The lowest BCUT2D eigenvalue weighted by Gasteiger charge is -2.38. The Labute approximate surface area is 164 Å². The SMILES string of the molecule is COCCNC(=O)c1cccc2c1NC(c1ccc(Cl)cc1)C1CC=CC21. The molecule has 0 aromatic heterocycles. The molecule has 2 N–H and O–H groups in total. The van der Waals surface area contributed by atoms with Crippen LogP contribution in [0.1, 0.15) is 39.9 Å². The Morgan fingerprint density at radius 2 is 2.07 bits per heavy atom. The van der Waals surface area contributed by atoms with Gasteiger partial charge in [0.25, 0.3) is 5.91 Å². The van der Waals surface area contributed by atoms with Crippen LogP contribution in [0.25, 0.3) is 0 Å². The van der Waals surface area contributed by atoms with Crippen molar-refractivity contribution >= 4 is 23.2 Å². The zero-order valence-corrected chi connectivity index (χ0v) is 16.0. The molecule has 27 heavy (non-hydrogen) atoms. The molecule has 3 atom stereocenters. The van der Waals surface area contributed by atoms with Gasteiger partial charge in [-0.25, -0.2) is 0 Å². The molecular weight excluding hydrogens is 360 g/mol. The fraction of sp³-hybridized carbons (Fsp3) is 0.318. The van der Waals surface area contributed by atoms with Crippen molar-refractivity contribution in [3.63, 3.8) is 0 Å². The topological polar surface area (TPSA) is 50.4 Å². The Balaban J connectivity index is 1.70. The highest BCUT2D eigenvalue weighted by molar-refractivity contribution is 6.30. The van der Waals surface area contributed by atoms with Crippen molar-refractivity contribution in [2.24, 2.45) is 5.92 Å². The summed E-state index contributed by atoms with van der Waals surface area (Å²) >= 11 is 6.07. The predicted octanol–water partition coefficient (Wildman–Crippen LogP) is 4.54. The third-order valence-electron chi connectivity index (χ3n) is 5.46. The van der Waals surface area contributed by atoms with E-state index in [2.05, 4.69) is 41.0 Å². The molecule has 0 saturated carbocycles. The Kier molecular flexibility index (Phi) is 5.19. The molecule has 3 unspecified atom stereocenters. The van der Waals surface area contributed by atoms with Crippen LogP contribution in [0.2, 0.25) is 5.02 Å². The first-order chi connectivity index (χ1) is 13.2. The van der Waals surface area contributed by atoms with Gasteiger partial charge in [-0.15, -0.1) is 0 Å². The first-order valence-corrected chi connectivity index (χ1v) is 9.65. The molecule has 0 fully saturated rings. The predicted molar refractivity (Wildman–Crippen MR) is 108 cm³/mol. The van der Waals surface area contributed by atoms with Gasteiger partial charge in [-0.1, -0.05) is 48.0 Å². The summed E-state index contributed by atoms with van der Waals surface area (Å²) in [5.41, 5.74) is 4.00. The maximum absolute atomic E-state index is 12.7. The van der Waals surface area contributed by atoms with Gasteiger partial charge in [-0.3, -0.25) is 4.79 Å². The highest BCUT2D eigenvalue weighted by Gasteiger charge is 2.39. The standard InChI is InChI=1S/C22H23ClN2O2/c1-27-13-12-24-22(26)19-7-3-6-18-16-4-2-5-17(16)20(25-21(18)19)14-8-10-15(23)11-9-14/h2-4,6-11,16-17,20,25H,5,12-13H2,1H3,(H,24,26). The van der Waals surface area contributed by atoms with E-state index in [0.29, 0.717) is 30.6 Å². The minimum absolute atomic E-state index is 0.0771. The average Bonchev–Trinajstić information content (AvgIpc) is 3.18. The highest BCUT2D eigenvalue weighted by atomic mass is 35.5. The van der Waals surface area contributed by atoms with Gasteiger partial charge in [0.05, 0.1) is 23.9 Å². The molecule has 4 nitrogen and oxygen atoms in total. The van der Waals surface area contributed by atoms with Crippen LogP contribution < -0.4 is 10.6 Å². The molecule has 2 aromatic rings. The normalized spacial score (nSPS) is 22.7. The first kappa shape index (κ1) is 18.1. The van der Waals surface area contributed by atoms with Crippen LogP contribution in [0, 0.1) is 5.92 Å². The van der Waals surface area contributed by atoms with E-state index in [4.69, 9.17) is 16.3 Å².